The molecule has 2 aromatic rings. The number of nitrogens with zero attached hydrogens (tertiary/aromatic N) is 1. The number of halogens is 1. The maximum absolute atomic E-state index is 11.7. The maximum Gasteiger partial charge on any atom is 0.321 e. The van der Waals surface area contributed by atoms with E-state index in [4.69, 9.17) is 11.6 Å². The zero-order valence-electron chi connectivity index (χ0n) is 10.8. The monoisotopic (exact) mass is 329 g/mol. The standard InChI is InChI=1S/C12H12ClN3O2S2/c1-6(10(17)16-11(18)14-2)19-12-15-8-5-7(13)3-4-9(8)20-12/h3-6H,1-2H3,(H2,14,16,17,18)/t6-/m1/s1. The normalized spacial score (nSPS) is 12.2. The highest BCUT2D eigenvalue weighted by molar-refractivity contribution is 8.02. The first-order valence-corrected chi connectivity index (χ1v) is 7.82. The molecular formula is C12H12ClN3O2S2. The first-order chi connectivity index (χ1) is 9.49. The highest BCUT2D eigenvalue weighted by Gasteiger charge is 2.18. The average Bonchev–Trinajstić information content (AvgIpc) is 2.79. The fourth-order valence-electron chi connectivity index (χ4n) is 1.41. The summed E-state index contributed by atoms with van der Waals surface area (Å²) in [4.78, 5) is 27.2. The molecule has 106 valence electrons. The Bertz CT molecular complexity index is 659. The van der Waals surface area contributed by atoms with Crippen molar-refractivity contribution in [3.05, 3.63) is 23.2 Å². The number of aromatic nitrogens is 1. The number of hydrogen-bond donors (Lipinski definition) is 2. The van der Waals surface area contributed by atoms with E-state index < -0.39 is 11.3 Å². The predicted octanol–water partition coefficient (Wildman–Crippen LogP) is 2.89. The Morgan fingerprint density at radius 3 is 2.90 bits per heavy atom. The van der Waals surface area contributed by atoms with Crippen molar-refractivity contribution in [2.75, 3.05) is 7.05 Å². The van der Waals surface area contributed by atoms with Crippen LogP contribution in [0.15, 0.2) is 22.5 Å². The number of hydrogen-bond acceptors (Lipinski definition) is 5. The van der Waals surface area contributed by atoms with Crippen LogP contribution in [0.1, 0.15) is 6.92 Å². The van der Waals surface area contributed by atoms with Crippen molar-refractivity contribution < 1.29 is 9.59 Å². The Labute approximate surface area is 129 Å². The number of nitrogens with one attached hydrogen (secondary N) is 2. The lowest BCUT2D eigenvalue weighted by atomic mass is 10.3. The highest BCUT2D eigenvalue weighted by atomic mass is 35.5. The van der Waals surface area contributed by atoms with Crippen LogP contribution in [0.4, 0.5) is 4.79 Å². The lowest BCUT2D eigenvalue weighted by Gasteiger charge is -2.08. The third-order valence-corrected chi connectivity index (χ3v) is 4.91. The summed E-state index contributed by atoms with van der Waals surface area (Å²) < 4.78 is 1.78. The fraction of sp³-hybridized carbons (Fsp3) is 0.250. The zero-order chi connectivity index (χ0) is 14.7. The van der Waals surface area contributed by atoms with Crippen molar-refractivity contribution in [3.63, 3.8) is 0 Å². The van der Waals surface area contributed by atoms with Gasteiger partial charge in [0, 0.05) is 12.1 Å². The van der Waals surface area contributed by atoms with E-state index in [-0.39, 0.29) is 5.91 Å². The van der Waals surface area contributed by atoms with Gasteiger partial charge in [0.15, 0.2) is 4.34 Å². The van der Waals surface area contributed by atoms with Gasteiger partial charge in [-0.3, -0.25) is 10.1 Å². The van der Waals surface area contributed by atoms with Gasteiger partial charge < -0.3 is 5.32 Å². The van der Waals surface area contributed by atoms with Gasteiger partial charge in [-0.2, -0.15) is 0 Å². The quantitative estimate of drug-likeness (QED) is 0.849. The molecule has 2 rings (SSSR count). The van der Waals surface area contributed by atoms with Gasteiger partial charge >= 0.3 is 6.03 Å². The molecule has 3 amide bonds. The molecular weight excluding hydrogens is 318 g/mol. The van der Waals surface area contributed by atoms with Crippen LogP contribution in [0.3, 0.4) is 0 Å². The molecule has 0 bridgehead atoms. The number of benzene rings is 1. The van der Waals surface area contributed by atoms with E-state index in [9.17, 15) is 9.59 Å². The maximum atomic E-state index is 11.7. The summed E-state index contributed by atoms with van der Waals surface area (Å²) in [6, 6.07) is 4.97. The van der Waals surface area contributed by atoms with Gasteiger partial charge in [0.1, 0.15) is 0 Å². The van der Waals surface area contributed by atoms with Crippen molar-refractivity contribution >= 4 is 56.9 Å². The first kappa shape index (κ1) is 15.1. The molecule has 0 saturated heterocycles. The van der Waals surface area contributed by atoms with Crippen LogP contribution in [-0.4, -0.2) is 29.2 Å². The SMILES string of the molecule is CNC(=O)NC(=O)[C@@H](C)Sc1nc2cc(Cl)ccc2s1. The van der Waals surface area contributed by atoms with Gasteiger partial charge in [0.2, 0.25) is 5.91 Å². The Hall–Kier alpha value is -1.31. The molecule has 0 aliphatic rings. The summed E-state index contributed by atoms with van der Waals surface area (Å²) in [5, 5.41) is 4.79. The van der Waals surface area contributed by atoms with E-state index >= 15 is 0 Å². The number of thiazole rings is 1. The number of imide groups is 1. The topological polar surface area (TPSA) is 71.1 Å². The molecule has 0 unspecified atom stereocenters. The summed E-state index contributed by atoms with van der Waals surface area (Å²) in [5.74, 6) is -0.355. The Morgan fingerprint density at radius 2 is 2.20 bits per heavy atom. The molecule has 5 nitrogen and oxygen atoms in total. The second-order valence-corrected chi connectivity index (χ2v) is 6.98. The molecule has 1 heterocycles. The molecule has 20 heavy (non-hydrogen) atoms. The molecule has 0 aliphatic carbocycles. The van der Waals surface area contributed by atoms with E-state index in [2.05, 4.69) is 15.6 Å². The minimum Gasteiger partial charge on any atom is -0.341 e. The Morgan fingerprint density at radius 1 is 1.45 bits per heavy atom. The van der Waals surface area contributed by atoms with E-state index in [0.29, 0.717) is 5.02 Å². The molecule has 2 N–H and O–H groups in total. The Kier molecular flexibility index (Phi) is 4.85. The number of rotatable bonds is 3. The van der Waals surface area contributed by atoms with Gasteiger partial charge in [-0.05, 0) is 25.1 Å². The van der Waals surface area contributed by atoms with Crippen LogP contribution in [0, 0.1) is 0 Å². The minimum absolute atomic E-state index is 0.355. The fourth-order valence-corrected chi connectivity index (χ4v) is 3.77. The van der Waals surface area contributed by atoms with Crippen molar-refractivity contribution in [2.24, 2.45) is 0 Å². The number of fused-ring (bicyclic) bond motifs is 1. The van der Waals surface area contributed by atoms with Crippen LogP contribution >= 0.6 is 34.7 Å². The summed E-state index contributed by atoms with van der Waals surface area (Å²) >= 11 is 8.70. The molecule has 1 aromatic heterocycles. The third kappa shape index (κ3) is 3.62. The summed E-state index contributed by atoms with van der Waals surface area (Å²) in [5.41, 5.74) is 0.809. The van der Waals surface area contributed by atoms with Gasteiger partial charge in [0.05, 0.1) is 15.5 Å². The molecule has 0 spiro atoms. The molecule has 0 fully saturated rings. The van der Waals surface area contributed by atoms with E-state index in [0.717, 1.165) is 14.6 Å². The van der Waals surface area contributed by atoms with Crippen molar-refractivity contribution in [3.8, 4) is 0 Å². The second kappa shape index (κ2) is 6.43. The van der Waals surface area contributed by atoms with E-state index in [1.165, 1.54) is 30.1 Å². The summed E-state index contributed by atoms with van der Waals surface area (Å²) in [6.07, 6.45) is 0. The minimum atomic E-state index is -0.515. The first-order valence-electron chi connectivity index (χ1n) is 5.75. The zero-order valence-corrected chi connectivity index (χ0v) is 13.2. The Balaban J connectivity index is 2.07. The van der Waals surface area contributed by atoms with Crippen LogP contribution in [-0.2, 0) is 4.79 Å². The summed E-state index contributed by atoms with van der Waals surface area (Å²) in [6.45, 7) is 1.72. The van der Waals surface area contributed by atoms with Crippen LogP contribution in [0.5, 0.6) is 0 Å². The van der Waals surface area contributed by atoms with Crippen LogP contribution < -0.4 is 10.6 Å². The number of thioether (sulfide) groups is 1. The largest absolute Gasteiger partial charge is 0.341 e. The smallest absolute Gasteiger partial charge is 0.321 e. The number of amides is 3. The molecule has 0 radical (unpaired) electrons. The molecule has 0 saturated carbocycles. The van der Waals surface area contributed by atoms with Crippen molar-refractivity contribution in [1.82, 2.24) is 15.6 Å². The lowest BCUT2D eigenvalue weighted by Crippen LogP contribution is -2.41. The number of carbonyl (C=O) groups excluding carboxylic acids is 2. The van der Waals surface area contributed by atoms with Crippen molar-refractivity contribution in [1.29, 1.82) is 0 Å². The van der Waals surface area contributed by atoms with Crippen LogP contribution in [0.25, 0.3) is 10.2 Å². The van der Waals surface area contributed by atoms with Crippen LogP contribution in [0.2, 0.25) is 5.02 Å². The average molecular weight is 330 g/mol. The summed E-state index contributed by atoms with van der Waals surface area (Å²) in [7, 11) is 1.46. The van der Waals surface area contributed by atoms with Gasteiger partial charge in [-0.25, -0.2) is 9.78 Å². The second-order valence-electron chi connectivity index (χ2n) is 3.92. The molecule has 8 heteroatoms. The highest BCUT2D eigenvalue weighted by Crippen LogP contribution is 2.33. The van der Waals surface area contributed by atoms with Gasteiger partial charge in [0.25, 0.3) is 0 Å². The van der Waals surface area contributed by atoms with E-state index in [1.54, 1.807) is 19.1 Å². The van der Waals surface area contributed by atoms with Gasteiger partial charge in [-0.1, -0.05) is 23.4 Å². The molecule has 1 atom stereocenters. The molecule has 1 aromatic carbocycles. The number of carbonyl (C=O) groups is 2. The third-order valence-electron chi connectivity index (χ3n) is 2.44. The molecule has 0 aliphatic heterocycles. The lowest BCUT2D eigenvalue weighted by molar-refractivity contribution is -0.119. The van der Waals surface area contributed by atoms with Crippen molar-refractivity contribution in [2.45, 2.75) is 16.5 Å². The van der Waals surface area contributed by atoms with E-state index in [1.807, 2.05) is 6.07 Å². The number of urea groups is 1. The van der Waals surface area contributed by atoms with Gasteiger partial charge in [-0.15, -0.1) is 11.3 Å². The predicted molar refractivity (Wildman–Crippen MR) is 82.5 cm³/mol.